The van der Waals surface area contributed by atoms with Gasteiger partial charge in [-0.2, -0.15) is 0 Å². The third-order valence-corrected chi connectivity index (χ3v) is 8.40. The average Bonchev–Trinajstić information content (AvgIpc) is 3.24. The van der Waals surface area contributed by atoms with Crippen molar-refractivity contribution in [2.75, 3.05) is 4.90 Å². The highest BCUT2D eigenvalue weighted by Gasteiger charge is 2.56. The first-order valence-electron chi connectivity index (χ1n) is 9.26. The molecule has 2 aliphatic heterocycles. The number of benzene rings is 2. The number of fused-ring (bicyclic) bond motifs is 2. The molecule has 3 aromatic rings. The van der Waals surface area contributed by atoms with Crippen molar-refractivity contribution in [3.05, 3.63) is 77.2 Å². The Morgan fingerprint density at radius 1 is 1.09 bits per heavy atom. The van der Waals surface area contributed by atoms with Crippen molar-refractivity contribution in [2.24, 2.45) is 5.92 Å². The fourth-order valence-corrected chi connectivity index (χ4v) is 6.87. The van der Waals surface area contributed by atoms with Crippen LogP contribution in [0.1, 0.15) is 16.4 Å². The van der Waals surface area contributed by atoms with Crippen molar-refractivity contribution in [3.8, 4) is 5.75 Å². The summed E-state index contributed by atoms with van der Waals surface area (Å²) < 4.78 is 0.784. The third-order valence-electron chi connectivity index (χ3n) is 5.47. The van der Waals surface area contributed by atoms with Gasteiger partial charge in [0.1, 0.15) is 11.0 Å². The van der Waals surface area contributed by atoms with E-state index in [4.69, 9.17) is 0 Å². The van der Waals surface area contributed by atoms with E-state index in [0.717, 1.165) is 38.5 Å². The van der Waals surface area contributed by atoms with E-state index in [1.165, 1.54) is 12.1 Å². The van der Waals surface area contributed by atoms with Crippen LogP contribution in [0.25, 0.3) is 0 Å². The number of nitrogens with zero attached hydrogens (tertiary/aromatic N) is 2. The fourth-order valence-electron chi connectivity index (χ4n) is 4.10. The lowest BCUT2D eigenvalue weighted by atomic mass is 9.82. The number of H-pyrrole nitrogens is 1. The number of anilines is 1. The molecular weight excluding hydrogens is 522 g/mol. The van der Waals surface area contributed by atoms with Gasteiger partial charge in [-0.1, -0.05) is 39.0 Å². The quantitative estimate of drug-likeness (QED) is 0.298. The molecule has 2 N–H and O–H groups in total. The number of carbonyl (C=O) groups is 2. The van der Waals surface area contributed by atoms with Gasteiger partial charge in [-0.25, -0.2) is 4.90 Å². The topological polar surface area (TPSA) is 134 Å². The van der Waals surface area contributed by atoms with E-state index >= 15 is 0 Å². The number of aromatic nitrogens is 1. The summed E-state index contributed by atoms with van der Waals surface area (Å²) in [6.45, 7) is 0. The number of nitro benzene ring substituents is 1. The summed E-state index contributed by atoms with van der Waals surface area (Å²) in [5.74, 6) is -3.02. The Hall–Kier alpha value is -2.96. The first-order chi connectivity index (χ1) is 15.3. The second kappa shape index (κ2) is 7.57. The van der Waals surface area contributed by atoms with E-state index in [9.17, 15) is 29.6 Å². The lowest BCUT2D eigenvalue weighted by Gasteiger charge is -2.30. The molecule has 1 fully saturated rings. The standard InChI is InChI=1S/C20H12BrN3O6S2/c21-8-1-3-9(4-2-8)23-18(26)14-13(11-7-10(24(29)30)5-6-12(11)25)15-17(22-20(28)32-15)31-16(14)19(23)27/h1-7,13-14,16,25H,(H,22,28)/t13-,14-,16+/m1/s1. The van der Waals surface area contributed by atoms with Gasteiger partial charge in [0, 0.05) is 33.0 Å². The van der Waals surface area contributed by atoms with Crippen molar-refractivity contribution in [1.29, 1.82) is 0 Å². The Labute approximate surface area is 196 Å². The maximum Gasteiger partial charge on any atom is 0.305 e. The van der Waals surface area contributed by atoms with E-state index in [2.05, 4.69) is 20.9 Å². The molecule has 0 unspecified atom stereocenters. The molecule has 3 atom stereocenters. The Bertz CT molecular complexity index is 1350. The molecule has 0 aliphatic carbocycles. The minimum atomic E-state index is -0.942. The van der Waals surface area contributed by atoms with Gasteiger partial charge in [0.2, 0.25) is 11.8 Å². The fraction of sp³-hybridized carbons (Fsp3) is 0.150. The highest BCUT2D eigenvalue weighted by atomic mass is 79.9. The predicted molar refractivity (Wildman–Crippen MR) is 121 cm³/mol. The number of halogens is 1. The molecule has 2 aliphatic rings. The molecule has 0 saturated carbocycles. The summed E-state index contributed by atoms with van der Waals surface area (Å²) in [5, 5.41) is 21.5. The molecule has 0 bridgehead atoms. The van der Waals surface area contributed by atoms with Crippen molar-refractivity contribution < 1.29 is 19.6 Å². The number of nitro groups is 1. The van der Waals surface area contributed by atoms with Crippen LogP contribution < -0.4 is 9.77 Å². The Morgan fingerprint density at radius 3 is 2.50 bits per heavy atom. The summed E-state index contributed by atoms with van der Waals surface area (Å²) in [4.78, 5) is 53.6. The van der Waals surface area contributed by atoms with Crippen LogP contribution in [-0.4, -0.2) is 32.1 Å². The van der Waals surface area contributed by atoms with E-state index in [1.807, 2.05) is 0 Å². The van der Waals surface area contributed by atoms with Gasteiger partial charge in [0.25, 0.3) is 5.69 Å². The van der Waals surface area contributed by atoms with Crippen LogP contribution in [0, 0.1) is 16.0 Å². The molecule has 0 spiro atoms. The Balaban J connectivity index is 1.69. The van der Waals surface area contributed by atoms with Crippen molar-refractivity contribution in [3.63, 3.8) is 0 Å². The minimum absolute atomic E-state index is 0.129. The maximum atomic E-state index is 13.5. The number of amides is 2. The van der Waals surface area contributed by atoms with Gasteiger partial charge >= 0.3 is 4.87 Å². The highest BCUT2D eigenvalue weighted by Crippen LogP contribution is 2.54. The smallest absolute Gasteiger partial charge is 0.305 e. The number of phenols is 1. The number of thioether (sulfide) groups is 1. The van der Waals surface area contributed by atoms with Gasteiger partial charge < -0.3 is 10.1 Å². The van der Waals surface area contributed by atoms with Crippen LogP contribution in [0.4, 0.5) is 11.4 Å². The zero-order valence-corrected chi connectivity index (χ0v) is 19.1. The Kier molecular flexibility index (Phi) is 4.95. The van der Waals surface area contributed by atoms with Crippen LogP contribution in [0.3, 0.4) is 0 Å². The number of aromatic hydroxyl groups is 1. The van der Waals surface area contributed by atoms with Crippen molar-refractivity contribution in [2.45, 2.75) is 16.2 Å². The van der Waals surface area contributed by atoms with E-state index < -0.39 is 33.8 Å². The van der Waals surface area contributed by atoms with Crippen LogP contribution in [0.2, 0.25) is 0 Å². The largest absolute Gasteiger partial charge is 0.508 e. The lowest BCUT2D eigenvalue weighted by Crippen LogP contribution is -2.32. The van der Waals surface area contributed by atoms with E-state index in [1.54, 1.807) is 24.3 Å². The molecule has 3 heterocycles. The number of aromatic amines is 1. The van der Waals surface area contributed by atoms with E-state index in [-0.39, 0.29) is 21.9 Å². The van der Waals surface area contributed by atoms with Crippen molar-refractivity contribution in [1.82, 2.24) is 4.98 Å². The summed E-state index contributed by atoms with van der Waals surface area (Å²) in [5.41, 5.74) is 0.264. The zero-order valence-electron chi connectivity index (χ0n) is 15.9. The summed E-state index contributed by atoms with van der Waals surface area (Å²) in [6, 6.07) is 10.2. The molecule has 1 saturated heterocycles. The molecule has 2 amide bonds. The number of hydrogen-bond acceptors (Lipinski definition) is 8. The first-order valence-corrected chi connectivity index (χ1v) is 11.8. The van der Waals surface area contributed by atoms with Gasteiger partial charge in [0.15, 0.2) is 0 Å². The second-order valence-electron chi connectivity index (χ2n) is 7.24. The van der Waals surface area contributed by atoms with E-state index in [0.29, 0.717) is 15.6 Å². The summed E-state index contributed by atoms with van der Waals surface area (Å²) in [7, 11) is 0. The average molecular weight is 534 g/mol. The monoisotopic (exact) mass is 533 g/mol. The SMILES string of the molecule is O=C1[C@@H]2[C@@H](c3cc([N+](=O)[O-])ccc3O)c3sc(=O)[nH]c3S[C@@H]2C(=O)N1c1ccc(Br)cc1. The molecule has 12 heteroatoms. The number of imide groups is 1. The minimum Gasteiger partial charge on any atom is -0.508 e. The molecule has 32 heavy (non-hydrogen) atoms. The molecule has 5 rings (SSSR count). The number of nitrogens with one attached hydrogen (secondary N) is 1. The van der Waals surface area contributed by atoms with Crippen LogP contribution in [0.5, 0.6) is 5.75 Å². The zero-order chi connectivity index (χ0) is 22.7. The number of rotatable bonds is 3. The van der Waals surface area contributed by atoms with Crippen LogP contribution in [-0.2, 0) is 9.59 Å². The predicted octanol–water partition coefficient (Wildman–Crippen LogP) is 3.61. The molecule has 2 aromatic carbocycles. The molecular formula is C20H12BrN3O6S2. The lowest BCUT2D eigenvalue weighted by molar-refractivity contribution is -0.385. The molecule has 162 valence electrons. The van der Waals surface area contributed by atoms with Crippen LogP contribution in [0.15, 0.2) is 56.8 Å². The molecule has 0 radical (unpaired) electrons. The van der Waals surface area contributed by atoms with Crippen LogP contribution >= 0.6 is 39.0 Å². The maximum absolute atomic E-state index is 13.5. The number of carbonyl (C=O) groups excluding carboxylic acids is 2. The second-order valence-corrected chi connectivity index (χ2v) is 10.3. The highest BCUT2D eigenvalue weighted by molar-refractivity contribution is 9.10. The number of non-ortho nitro benzene ring substituents is 1. The molecule has 9 nitrogen and oxygen atoms in total. The molecule has 1 aromatic heterocycles. The van der Waals surface area contributed by atoms with Gasteiger partial charge in [-0.3, -0.25) is 24.5 Å². The van der Waals surface area contributed by atoms with Gasteiger partial charge in [-0.05, 0) is 30.3 Å². The number of phenolic OH excluding ortho intramolecular Hbond substituents is 1. The number of thiazole rings is 1. The third kappa shape index (κ3) is 3.17. The Morgan fingerprint density at radius 2 is 1.81 bits per heavy atom. The van der Waals surface area contributed by atoms with Gasteiger partial charge in [-0.15, -0.1) is 0 Å². The summed E-state index contributed by atoms with van der Waals surface area (Å²) >= 11 is 5.29. The van der Waals surface area contributed by atoms with Crippen molar-refractivity contribution >= 4 is 62.2 Å². The van der Waals surface area contributed by atoms with Gasteiger partial charge in [0.05, 0.1) is 21.6 Å². The summed E-state index contributed by atoms with van der Waals surface area (Å²) in [6.07, 6.45) is 0. The number of hydrogen-bond donors (Lipinski definition) is 2. The first kappa shape index (κ1) is 20.9. The normalized spacial score (nSPS) is 22.0.